The number of rotatable bonds is 9. The maximum Gasteiger partial charge on any atom is 0.412 e. The zero-order chi connectivity index (χ0) is 32.9. The maximum atomic E-state index is 15.4. The molecular formula is C32H41FN4O7S. The second kappa shape index (κ2) is 14.1. The molecule has 2 aliphatic rings. The highest BCUT2D eigenvalue weighted by Crippen LogP contribution is 2.28. The van der Waals surface area contributed by atoms with Crippen LogP contribution >= 0.6 is 0 Å². The van der Waals surface area contributed by atoms with Crippen molar-refractivity contribution < 1.29 is 37.1 Å². The SMILES string of the molecule is CC1CCN(S(=O)(=O)NC(Cc2ccc(C3=NOC(c4ccc(NC(=O)OC(C)(C)C)cc4)=CCC3C)c(F)c2)C(=O)O)CC1. The molecule has 2 aromatic carbocycles. The molecule has 11 nitrogen and oxygen atoms in total. The van der Waals surface area contributed by atoms with Crippen LogP contribution in [0.15, 0.2) is 53.7 Å². The van der Waals surface area contributed by atoms with E-state index in [1.165, 1.54) is 16.4 Å². The van der Waals surface area contributed by atoms with Gasteiger partial charge in [-0.25, -0.2) is 9.18 Å². The lowest BCUT2D eigenvalue weighted by atomic mass is 9.93. The highest BCUT2D eigenvalue weighted by atomic mass is 32.2. The molecule has 45 heavy (non-hydrogen) atoms. The molecule has 0 aliphatic carbocycles. The van der Waals surface area contributed by atoms with E-state index in [9.17, 15) is 23.1 Å². The average molecular weight is 645 g/mol. The molecule has 0 radical (unpaired) electrons. The molecule has 1 amide bonds. The third-order valence-electron chi connectivity index (χ3n) is 7.60. The molecular weight excluding hydrogens is 603 g/mol. The second-order valence-corrected chi connectivity index (χ2v) is 14.3. The first-order chi connectivity index (χ1) is 21.1. The Hall–Kier alpha value is -3.81. The lowest BCUT2D eigenvalue weighted by Crippen LogP contribution is -2.51. The van der Waals surface area contributed by atoms with Crippen LogP contribution in [0.1, 0.15) is 70.6 Å². The molecule has 1 saturated heterocycles. The molecule has 3 N–H and O–H groups in total. The summed E-state index contributed by atoms with van der Waals surface area (Å²) in [6.07, 6.45) is 2.96. The number of nitrogens with one attached hydrogen (secondary N) is 2. The number of ether oxygens (including phenoxy) is 1. The first kappa shape index (κ1) is 34.1. The van der Waals surface area contributed by atoms with Gasteiger partial charge in [0.2, 0.25) is 0 Å². The number of piperidine rings is 1. The Kier molecular flexibility index (Phi) is 10.7. The van der Waals surface area contributed by atoms with E-state index in [4.69, 9.17) is 9.57 Å². The monoisotopic (exact) mass is 644 g/mol. The van der Waals surface area contributed by atoms with Crippen molar-refractivity contribution in [3.63, 3.8) is 0 Å². The van der Waals surface area contributed by atoms with Crippen LogP contribution in [0.5, 0.6) is 0 Å². The Morgan fingerprint density at radius 1 is 1.13 bits per heavy atom. The molecule has 13 heteroatoms. The van der Waals surface area contributed by atoms with Crippen molar-refractivity contribution in [2.75, 3.05) is 18.4 Å². The van der Waals surface area contributed by atoms with Gasteiger partial charge in [0.15, 0.2) is 5.76 Å². The van der Waals surface area contributed by atoms with Crippen LogP contribution in [0.25, 0.3) is 5.76 Å². The van der Waals surface area contributed by atoms with Crippen molar-refractivity contribution in [2.45, 2.75) is 71.9 Å². The molecule has 0 spiro atoms. The largest absolute Gasteiger partial charge is 0.480 e. The normalized spacial score (nSPS) is 19.0. The van der Waals surface area contributed by atoms with E-state index in [1.807, 2.05) is 19.9 Å². The van der Waals surface area contributed by atoms with Gasteiger partial charge in [-0.2, -0.15) is 17.4 Å². The highest BCUT2D eigenvalue weighted by molar-refractivity contribution is 7.87. The minimum atomic E-state index is -4.02. The van der Waals surface area contributed by atoms with Gasteiger partial charge in [-0.05, 0) is 100 Å². The lowest BCUT2D eigenvalue weighted by molar-refractivity contribution is -0.139. The van der Waals surface area contributed by atoms with Gasteiger partial charge in [0.1, 0.15) is 17.5 Å². The van der Waals surface area contributed by atoms with Gasteiger partial charge in [0.25, 0.3) is 10.2 Å². The summed E-state index contributed by atoms with van der Waals surface area (Å²) < 4.78 is 49.9. The number of benzene rings is 2. The topological polar surface area (TPSA) is 147 Å². The van der Waals surface area contributed by atoms with Crippen molar-refractivity contribution in [3.8, 4) is 0 Å². The number of anilines is 1. The van der Waals surface area contributed by atoms with Crippen LogP contribution in [-0.4, -0.2) is 60.3 Å². The summed E-state index contributed by atoms with van der Waals surface area (Å²) >= 11 is 0. The summed E-state index contributed by atoms with van der Waals surface area (Å²) in [5.74, 6) is -1.31. The van der Waals surface area contributed by atoms with Crippen molar-refractivity contribution in [1.29, 1.82) is 0 Å². The van der Waals surface area contributed by atoms with Gasteiger partial charge >= 0.3 is 12.1 Å². The number of halogens is 1. The predicted octanol–water partition coefficient (Wildman–Crippen LogP) is 5.54. The van der Waals surface area contributed by atoms with E-state index in [2.05, 4.69) is 15.2 Å². The number of carboxylic acid groups (broad SMARTS) is 1. The minimum absolute atomic E-state index is 0.202. The van der Waals surface area contributed by atoms with Gasteiger partial charge < -0.3 is 14.7 Å². The zero-order valence-corrected chi connectivity index (χ0v) is 27.0. The summed E-state index contributed by atoms with van der Waals surface area (Å²) in [5, 5.41) is 16.7. The number of carbonyl (C=O) groups excluding carboxylic acids is 1. The van der Waals surface area contributed by atoms with E-state index < -0.39 is 39.7 Å². The first-order valence-corrected chi connectivity index (χ1v) is 16.4. The number of aliphatic carboxylic acids is 1. The van der Waals surface area contributed by atoms with Gasteiger partial charge in [-0.1, -0.05) is 25.1 Å². The fraction of sp³-hybridized carbons (Fsp3) is 0.469. The van der Waals surface area contributed by atoms with Crippen molar-refractivity contribution in [2.24, 2.45) is 17.0 Å². The molecule has 2 heterocycles. The fourth-order valence-electron chi connectivity index (χ4n) is 5.03. The third-order valence-corrected chi connectivity index (χ3v) is 9.23. The molecule has 4 rings (SSSR count). The molecule has 2 aromatic rings. The summed E-state index contributed by atoms with van der Waals surface area (Å²) in [6.45, 7) is 9.91. The van der Waals surface area contributed by atoms with Crippen molar-refractivity contribution in [1.82, 2.24) is 9.03 Å². The van der Waals surface area contributed by atoms with Gasteiger partial charge in [0.05, 0.1) is 5.71 Å². The van der Waals surface area contributed by atoms with Crippen molar-refractivity contribution in [3.05, 3.63) is 71.0 Å². The third kappa shape index (κ3) is 9.35. The maximum absolute atomic E-state index is 15.4. The van der Waals surface area contributed by atoms with E-state index in [-0.39, 0.29) is 17.9 Å². The second-order valence-electron chi connectivity index (χ2n) is 12.6. The molecule has 2 atom stereocenters. The highest BCUT2D eigenvalue weighted by Gasteiger charge is 2.32. The number of oxime groups is 1. The number of nitrogens with zero attached hydrogens (tertiary/aromatic N) is 2. The zero-order valence-electron chi connectivity index (χ0n) is 26.2. The fourth-order valence-corrected chi connectivity index (χ4v) is 6.42. The number of allylic oxidation sites excluding steroid dienone is 1. The molecule has 0 bridgehead atoms. The van der Waals surface area contributed by atoms with Gasteiger partial charge in [0, 0.05) is 35.8 Å². The summed E-state index contributed by atoms with van der Waals surface area (Å²) in [6, 6.07) is 9.75. The van der Waals surface area contributed by atoms with Crippen molar-refractivity contribution >= 4 is 39.4 Å². The Balaban J connectivity index is 1.43. The quantitative estimate of drug-likeness (QED) is 0.325. The molecule has 1 fully saturated rings. The van der Waals surface area contributed by atoms with Crippen LogP contribution in [0, 0.1) is 17.7 Å². The van der Waals surface area contributed by atoms with E-state index in [1.54, 1.807) is 51.1 Å². The molecule has 2 unspecified atom stereocenters. The Labute approximate surface area is 263 Å². The van der Waals surface area contributed by atoms with E-state index >= 15 is 4.39 Å². The predicted molar refractivity (Wildman–Crippen MR) is 169 cm³/mol. The van der Waals surface area contributed by atoms with Crippen LogP contribution in [-0.2, 0) is 31.0 Å². The first-order valence-electron chi connectivity index (χ1n) is 15.0. The van der Waals surface area contributed by atoms with Gasteiger partial charge in [-0.3, -0.25) is 10.1 Å². The lowest BCUT2D eigenvalue weighted by Gasteiger charge is -2.30. The van der Waals surface area contributed by atoms with E-state index in [0.29, 0.717) is 66.6 Å². The standard InChI is InChI=1S/C32H41FN4O7S/c1-20-14-16-37(17-15-20)45(41,42)36-27(30(38)39)19-22-7-12-25(26(33)18-22)29-21(2)6-13-28(44-35-29)23-8-10-24(11-9-23)34-31(40)43-32(3,4)5/h7-13,18,20-21,27,36H,6,14-17,19H2,1-5H3,(H,34,40)(H,38,39). The summed E-state index contributed by atoms with van der Waals surface area (Å²) in [7, 11) is -4.02. The Morgan fingerprint density at radius 2 is 1.80 bits per heavy atom. The summed E-state index contributed by atoms with van der Waals surface area (Å²) in [4.78, 5) is 29.7. The van der Waals surface area contributed by atoms with Crippen LogP contribution in [0.2, 0.25) is 0 Å². The van der Waals surface area contributed by atoms with Crippen LogP contribution in [0.3, 0.4) is 0 Å². The van der Waals surface area contributed by atoms with Crippen LogP contribution < -0.4 is 10.0 Å². The number of hydrogen-bond acceptors (Lipinski definition) is 7. The van der Waals surface area contributed by atoms with E-state index in [0.717, 1.165) is 0 Å². The Morgan fingerprint density at radius 3 is 2.40 bits per heavy atom. The number of amides is 1. The van der Waals surface area contributed by atoms with Gasteiger partial charge in [-0.15, -0.1) is 0 Å². The molecule has 244 valence electrons. The average Bonchev–Trinajstić information content (AvgIpc) is 3.14. The van der Waals surface area contributed by atoms with Crippen LogP contribution in [0.4, 0.5) is 14.9 Å². The molecule has 2 aliphatic heterocycles. The number of carbonyl (C=O) groups is 2. The Bertz CT molecular complexity index is 1560. The molecule has 0 aromatic heterocycles. The number of hydrogen-bond donors (Lipinski definition) is 3. The smallest absolute Gasteiger partial charge is 0.412 e. The number of carboxylic acids is 1. The minimum Gasteiger partial charge on any atom is -0.480 e. The summed E-state index contributed by atoms with van der Waals surface area (Å²) in [5.41, 5.74) is 1.53. The molecule has 0 saturated carbocycles.